The molecule has 0 radical (unpaired) electrons. The number of primary sulfonamides is 1. The molecular weight excluding hydrogens is 348 g/mol. The van der Waals surface area contributed by atoms with Gasteiger partial charge in [0, 0.05) is 11.3 Å². The van der Waals surface area contributed by atoms with Gasteiger partial charge in [0.05, 0.1) is 5.02 Å². The summed E-state index contributed by atoms with van der Waals surface area (Å²) in [6, 6.07) is 17.2. The van der Waals surface area contributed by atoms with Gasteiger partial charge in [-0.1, -0.05) is 41.9 Å². The highest BCUT2D eigenvalue weighted by Gasteiger charge is 2.16. The Hall–Kier alpha value is -2.41. The lowest BCUT2D eigenvalue weighted by molar-refractivity contribution is 0.102. The molecule has 7 heteroatoms. The third kappa shape index (κ3) is 3.41. The van der Waals surface area contributed by atoms with E-state index in [0.717, 1.165) is 16.8 Å². The van der Waals surface area contributed by atoms with Crippen molar-refractivity contribution < 1.29 is 13.2 Å². The number of amides is 1. The Balaban J connectivity index is 1.91. The van der Waals surface area contributed by atoms with Gasteiger partial charge in [-0.15, -0.1) is 0 Å². The molecule has 0 fully saturated rings. The first kappa shape index (κ1) is 16.4. The fourth-order valence-electron chi connectivity index (χ4n) is 2.33. The summed E-state index contributed by atoms with van der Waals surface area (Å²) in [6.07, 6.45) is 0. The van der Waals surface area contributed by atoms with Crippen LogP contribution in [-0.2, 0) is 10.0 Å². The highest BCUT2D eigenvalue weighted by atomic mass is 35.5. The summed E-state index contributed by atoms with van der Waals surface area (Å²) in [5, 5.41) is 9.84. The Morgan fingerprint density at radius 2 is 1.67 bits per heavy atom. The lowest BCUT2D eigenvalue weighted by Crippen LogP contribution is -2.16. The molecule has 0 spiro atoms. The largest absolute Gasteiger partial charge is 0.322 e. The van der Waals surface area contributed by atoms with Gasteiger partial charge in [-0.05, 0) is 41.1 Å². The lowest BCUT2D eigenvalue weighted by Gasteiger charge is -2.08. The van der Waals surface area contributed by atoms with Crippen LogP contribution in [0.5, 0.6) is 0 Å². The van der Waals surface area contributed by atoms with Crippen LogP contribution in [0.25, 0.3) is 10.8 Å². The number of carbonyl (C=O) groups excluding carboxylic acids is 1. The average molecular weight is 361 g/mol. The normalized spacial score (nSPS) is 11.4. The second-order valence-corrected chi connectivity index (χ2v) is 7.14. The summed E-state index contributed by atoms with van der Waals surface area (Å²) in [6.45, 7) is 0. The molecular formula is C17H13ClN2O3S. The predicted octanol–water partition coefficient (Wildman–Crippen LogP) is 3.39. The number of halogens is 1. The second-order valence-electron chi connectivity index (χ2n) is 5.21. The minimum Gasteiger partial charge on any atom is -0.322 e. The first-order valence-electron chi connectivity index (χ1n) is 6.97. The van der Waals surface area contributed by atoms with Crippen LogP contribution in [0.15, 0.2) is 65.6 Å². The molecule has 0 aliphatic carbocycles. The van der Waals surface area contributed by atoms with Gasteiger partial charge in [0.15, 0.2) is 0 Å². The van der Waals surface area contributed by atoms with E-state index in [-0.39, 0.29) is 15.5 Å². The Morgan fingerprint density at radius 3 is 2.38 bits per heavy atom. The summed E-state index contributed by atoms with van der Waals surface area (Å²) in [5.41, 5.74) is 0.752. The number of rotatable bonds is 3. The molecule has 122 valence electrons. The summed E-state index contributed by atoms with van der Waals surface area (Å²) < 4.78 is 23.0. The van der Waals surface area contributed by atoms with Crippen LogP contribution in [-0.4, -0.2) is 14.3 Å². The molecule has 0 unspecified atom stereocenters. The smallest absolute Gasteiger partial charge is 0.255 e. The summed E-state index contributed by atoms with van der Waals surface area (Å²) in [5.74, 6) is -0.452. The van der Waals surface area contributed by atoms with E-state index >= 15 is 0 Å². The third-order valence-corrected chi connectivity index (χ3v) is 4.90. The standard InChI is InChI=1S/C17H13ClN2O3S/c18-15-8-6-13(10-16(15)24(19,22)23)17(21)20-14-7-5-11-3-1-2-4-12(11)9-14/h1-10H,(H,20,21)(H2,19,22,23). The van der Waals surface area contributed by atoms with Crippen molar-refractivity contribution in [1.29, 1.82) is 0 Å². The Bertz CT molecular complexity index is 1050. The maximum atomic E-state index is 12.4. The Kier molecular flexibility index (Phi) is 4.28. The minimum absolute atomic E-state index is 0.0280. The van der Waals surface area contributed by atoms with Crippen molar-refractivity contribution in [1.82, 2.24) is 0 Å². The number of carbonyl (C=O) groups is 1. The molecule has 0 saturated heterocycles. The topological polar surface area (TPSA) is 89.3 Å². The van der Waals surface area contributed by atoms with E-state index in [2.05, 4.69) is 5.32 Å². The molecule has 3 rings (SSSR count). The number of fused-ring (bicyclic) bond motifs is 1. The van der Waals surface area contributed by atoms with Gasteiger partial charge >= 0.3 is 0 Å². The maximum Gasteiger partial charge on any atom is 0.255 e. The van der Waals surface area contributed by atoms with Crippen molar-refractivity contribution in [2.24, 2.45) is 5.14 Å². The second kappa shape index (κ2) is 6.24. The van der Waals surface area contributed by atoms with E-state index in [9.17, 15) is 13.2 Å². The fourth-order valence-corrected chi connectivity index (χ4v) is 3.40. The highest BCUT2D eigenvalue weighted by Crippen LogP contribution is 2.23. The zero-order chi connectivity index (χ0) is 17.3. The number of nitrogens with two attached hydrogens (primary N) is 1. The highest BCUT2D eigenvalue weighted by molar-refractivity contribution is 7.89. The zero-order valence-corrected chi connectivity index (χ0v) is 13.9. The lowest BCUT2D eigenvalue weighted by atomic mass is 10.1. The van der Waals surface area contributed by atoms with Gasteiger partial charge in [0.1, 0.15) is 4.90 Å². The SMILES string of the molecule is NS(=O)(=O)c1cc(C(=O)Nc2ccc3ccccc3c2)ccc1Cl. The van der Waals surface area contributed by atoms with Gasteiger partial charge in [-0.3, -0.25) is 4.79 Å². The van der Waals surface area contributed by atoms with Crippen molar-refractivity contribution in [3.05, 3.63) is 71.2 Å². The van der Waals surface area contributed by atoms with Crippen molar-refractivity contribution in [3.63, 3.8) is 0 Å². The van der Waals surface area contributed by atoms with Crippen molar-refractivity contribution in [2.75, 3.05) is 5.32 Å². The minimum atomic E-state index is -4.00. The molecule has 1 amide bonds. The fraction of sp³-hybridized carbons (Fsp3) is 0. The van der Waals surface area contributed by atoms with E-state index < -0.39 is 15.9 Å². The van der Waals surface area contributed by atoms with Gasteiger partial charge in [-0.25, -0.2) is 13.6 Å². The number of anilines is 1. The van der Waals surface area contributed by atoms with Gasteiger partial charge in [0.2, 0.25) is 10.0 Å². The van der Waals surface area contributed by atoms with Crippen molar-refractivity contribution in [3.8, 4) is 0 Å². The van der Waals surface area contributed by atoms with Crippen LogP contribution >= 0.6 is 11.6 Å². The van der Waals surface area contributed by atoms with Crippen LogP contribution in [0.4, 0.5) is 5.69 Å². The van der Waals surface area contributed by atoms with Crippen LogP contribution in [0.3, 0.4) is 0 Å². The van der Waals surface area contributed by atoms with E-state index in [1.807, 2.05) is 36.4 Å². The predicted molar refractivity (Wildman–Crippen MR) is 94.7 cm³/mol. The molecule has 3 aromatic carbocycles. The molecule has 5 nitrogen and oxygen atoms in total. The van der Waals surface area contributed by atoms with Crippen LogP contribution in [0.1, 0.15) is 10.4 Å². The molecule has 24 heavy (non-hydrogen) atoms. The average Bonchev–Trinajstić information content (AvgIpc) is 2.54. The molecule has 0 aromatic heterocycles. The molecule has 3 aromatic rings. The summed E-state index contributed by atoms with van der Waals surface area (Å²) >= 11 is 5.82. The maximum absolute atomic E-state index is 12.4. The third-order valence-electron chi connectivity index (χ3n) is 3.51. The number of nitrogens with one attached hydrogen (secondary N) is 1. The Morgan fingerprint density at radius 1 is 0.958 bits per heavy atom. The number of sulfonamides is 1. The molecule has 0 aliphatic rings. The molecule has 0 heterocycles. The van der Waals surface area contributed by atoms with Gasteiger partial charge < -0.3 is 5.32 Å². The van der Waals surface area contributed by atoms with Gasteiger partial charge in [0.25, 0.3) is 5.91 Å². The molecule has 0 saturated carbocycles. The molecule has 3 N–H and O–H groups in total. The first-order chi connectivity index (χ1) is 11.3. The zero-order valence-electron chi connectivity index (χ0n) is 12.4. The van der Waals surface area contributed by atoms with Crippen LogP contribution < -0.4 is 10.5 Å². The van der Waals surface area contributed by atoms with Crippen LogP contribution in [0.2, 0.25) is 5.02 Å². The number of benzene rings is 3. The van der Waals surface area contributed by atoms with E-state index in [0.29, 0.717) is 5.69 Å². The van der Waals surface area contributed by atoms with Gasteiger partial charge in [-0.2, -0.15) is 0 Å². The molecule has 0 atom stereocenters. The van der Waals surface area contributed by atoms with E-state index in [1.54, 1.807) is 6.07 Å². The first-order valence-corrected chi connectivity index (χ1v) is 8.89. The van der Waals surface area contributed by atoms with Crippen molar-refractivity contribution >= 4 is 44.0 Å². The van der Waals surface area contributed by atoms with Crippen LogP contribution in [0, 0.1) is 0 Å². The quantitative estimate of drug-likeness (QED) is 0.750. The summed E-state index contributed by atoms with van der Waals surface area (Å²) in [4.78, 5) is 12.1. The number of hydrogen-bond donors (Lipinski definition) is 2. The molecule has 0 aliphatic heterocycles. The van der Waals surface area contributed by atoms with E-state index in [1.165, 1.54) is 12.1 Å². The molecule has 0 bridgehead atoms. The summed E-state index contributed by atoms with van der Waals surface area (Å²) in [7, 11) is -4.00. The monoisotopic (exact) mass is 360 g/mol. The van der Waals surface area contributed by atoms with E-state index in [4.69, 9.17) is 16.7 Å². The Labute approximate surface area is 144 Å². The number of hydrogen-bond acceptors (Lipinski definition) is 3. The van der Waals surface area contributed by atoms with Crippen molar-refractivity contribution in [2.45, 2.75) is 4.90 Å².